The molecular formula is C34H25N3. The van der Waals surface area contributed by atoms with Crippen LogP contribution in [-0.2, 0) is 5.41 Å². The molecule has 0 amide bonds. The van der Waals surface area contributed by atoms with Gasteiger partial charge in [-0.1, -0.05) is 74.5 Å². The molecule has 3 nitrogen and oxygen atoms in total. The second-order valence-electron chi connectivity index (χ2n) is 10.6. The molecule has 0 atom stereocenters. The van der Waals surface area contributed by atoms with Crippen molar-refractivity contribution in [2.24, 2.45) is 0 Å². The zero-order valence-corrected chi connectivity index (χ0v) is 20.8. The van der Waals surface area contributed by atoms with Gasteiger partial charge in [0.2, 0.25) is 0 Å². The van der Waals surface area contributed by atoms with Gasteiger partial charge in [-0.15, -0.1) is 0 Å². The number of pyridine rings is 1. The summed E-state index contributed by atoms with van der Waals surface area (Å²) in [6, 6.07) is 37.4. The SMILES string of the molecule is CC1(C)c2ccccc2-c2cc3c4ccccc4n(-c4ccc(-c5cn6ccccc6n5)cc4)c3cc21. The molecule has 1 aliphatic rings. The van der Waals surface area contributed by atoms with Crippen LogP contribution >= 0.6 is 0 Å². The average Bonchev–Trinajstić information content (AvgIpc) is 3.57. The van der Waals surface area contributed by atoms with Crippen molar-refractivity contribution in [3.05, 3.63) is 127 Å². The molecule has 8 rings (SSSR count). The highest BCUT2D eigenvalue weighted by molar-refractivity contribution is 6.11. The lowest BCUT2D eigenvalue weighted by Gasteiger charge is -2.21. The van der Waals surface area contributed by atoms with E-state index in [0.717, 1.165) is 22.6 Å². The van der Waals surface area contributed by atoms with E-state index in [1.807, 2.05) is 24.4 Å². The molecule has 0 unspecified atom stereocenters. The second-order valence-corrected chi connectivity index (χ2v) is 10.6. The predicted octanol–water partition coefficient (Wildman–Crippen LogP) is 8.40. The van der Waals surface area contributed by atoms with Gasteiger partial charge in [0.1, 0.15) is 5.65 Å². The Morgan fingerprint density at radius 3 is 2.30 bits per heavy atom. The number of nitrogens with zero attached hydrogens (tertiary/aromatic N) is 3. The Morgan fingerprint density at radius 2 is 1.43 bits per heavy atom. The minimum atomic E-state index is -0.0334. The molecule has 0 radical (unpaired) electrons. The molecule has 3 aromatic heterocycles. The monoisotopic (exact) mass is 475 g/mol. The van der Waals surface area contributed by atoms with Crippen molar-refractivity contribution in [3.8, 4) is 28.1 Å². The Bertz CT molecular complexity index is 1970. The Labute approximate surface area is 215 Å². The summed E-state index contributed by atoms with van der Waals surface area (Å²) in [7, 11) is 0. The number of hydrogen-bond acceptors (Lipinski definition) is 1. The quantitative estimate of drug-likeness (QED) is 0.246. The normalized spacial score (nSPS) is 13.9. The first-order valence-electron chi connectivity index (χ1n) is 12.8. The van der Waals surface area contributed by atoms with Gasteiger partial charge in [0.15, 0.2) is 0 Å². The third kappa shape index (κ3) is 2.80. The van der Waals surface area contributed by atoms with Gasteiger partial charge in [-0.2, -0.15) is 0 Å². The fourth-order valence-corrected chi connectivity index (χ4v) is 6.30. The third-order valence-corrected chi connectivity index (χ3v) is 8.16. The van der Waals surface area contributed by atoms with E-state index in [0.29, 0.717) is 0 Å². The number of fused-ring (bicyclic) bond motifs is 7. The van der Waals surface area contributed by atoms with Crippen molar-refractivity contribution < 1.29 is 0 Å². The summed E-state index contributed by atoms with van der Waals surface area (Å²) < 4.78 is 4.48. The molecule has 7 aromatic rings. The third-order valence-electron chi connectivity index (χ3n) is 8.16. The van der Waals surface area contributed by atoms with E-state index in [1.54, 1.807) is 0 Å². The van der Waals surface area contributed by atoms with Gasteiger partial charge < -0.3 is 8.97 Å². The number of rotatable bonds is 2. The molecule has 0 N–H and O–H groups in total. The molecule has 0 saturated heterocycles. The largest absolute Gasteiger partial charge is 0.309 e. The summed E-state index contributed by atoms with van der Waals surface area (Å²) in [5.41, 5.74) is 12.2. The van der Waals surface area contributed by atoms with Crippen LogP contribution in [-0.4, -0.2) is 14.0 Å². The first-order chi connectivity index (χ1) is 18.1. The van der Waals surface area contributed by atoms with Crippen LogP contribution in [0.3, 0.4) is 0 Å². The van der Waals surface area contributed by atoms with E-state index in [1.165, 1.54) is 44.1 Å². The number of aromatic nitrogens is 3. The van der Waals surface area contributed by atoms with Gasteiger partial charge in [-0.25, -0.2) is 4.98 Å². The molecule has 0 spiro atoms. The van der Waals surface area contributed by atoms with E-state index in [4.69, 9.17) is 4.98 Å². The standard InChI is InChI=1S/C34H25N3/c1-34(2)28-11-5-3-9-24(28)26-19-27-25-10-4-6-12-31(25)37(32(27)20-29(26)34)23-16-14-22(15-17-23)30-21-36-18-8-7-13-33(36)35-30/h3-21H,1-2H3. The summed E-state index contributed by atoms with van der Waals surface area (Å²) in [4.78, 5) is 4.81. The molecule has 0 saturated carbocycles. The van der Waals surface area contributed by atoms with E-state index < -0.39 is 0 Å². The predicted molar refractivity (Wildman–Crippen MR) is 153 cm³/mol. The first-order valence-corrected chi connectivity index (χ1v) is 12.8. The maximum absolute atomic E-state index is 4.81. The maximum atomic E-state index is 4.81. The summed E-state index contributed by atoms with van der Waals surface area (Å²) in [6.07, 6.45) is 4.13. The smallest absolute Gasteiger partial charge is 0.137 e. The van der Waals surface area contributed by atoms with Crippen molar-refractivity contribution >= 4 is 27.5 Å². The fourth-order valence-electron chi connectivity index (χ4n) is 6.30. The molecule has 37 heavy (non-hydrogen) atoms. The molecule has 0 bridgehead atoms. The van der Waals surface area contributed by atoms with Gasteiger partial charge in [0, 0.05) is 39.8 Å². The molecule has 3 heteroatoms. The zero-order chi connectivity index (χ0) is 24.7. The summed E-state index contributed by atoms with van der Waals surface area (Å²) in [6.45, 7) is 4.69. The molecule has 0 fully saturated rings. The lowest BCUT2D eigenvalue weighted by atomic mass is 9.82. The fraction of sp³-hybridized carbons (Fsp3) is 0.0882. The van der Waals surface area contributed by atoms with Gasteiger partial charge >= 0.3 is 0 Å². The first kappa shape index (κ1) is 20.6. The Hall–Kier alpha value is -4.63. The van der Waals surface area contributed by atoms with Crippen molar-refractivity contribution in [2.75, 3.05) is 0 Å². The zero-order valence-electron chi connectivity index (χ0n) is 20.8. The number of hydrogen-bond donors (Lipinski definition) is 0. The van der Waals surface area contributed by atoms with Crippen molar-refractivity contribution in [2.45, 2.75) is 19.3 Å². The molecule has 0 aliphatic heterocycles. The summed E-state index contributed by atoms with van der Waals surface area (Å²) in [5.74, 6) is 0. The topological polar surface area (TPSA) is 22.2 Å². The molecule has 3 heterocycles. The van der Waals surface area contributed by atoms with Gasteiger partial charge in [-0.05, 0) is 64.7 Å². The maximum Gasteiger partial charge on any atom is 0.137 e. The van der Waals surface area contributed by atoms with Gasteiger partial charge in [0.05, 0.1) is 16.7 Å². The van der Waals surface area contributed by atoms with Gasteiger partial charge in [0.25, 0.3) is 0 Å². The number of para-hydroxylation sites is 1. The molecule has 176 valence electrons. The van der Waals surface area contributed by atoms with E-state index >= 15 is 0 Å². The van der Waals surface area contributed by atoms with Gasteiger partial charge in [-0.3, -0.25) is 0 Å². The molecule has 4 aromatic carbocycles. The Balaban J connectivity index is 1.34. The highest BCUT2D eigenvalue weighted by atomic mass is 15.0. The van der Waals surface area contributed by atoms with Crippen LogP contribution in [0.1, 0.15) is 25.0 Å². The number of benzene rings is 4. The van der Waals surface area contributed by atoms with Crippen LogP contribution in [0, 0.1) is 0 Å². The van der Waals surface area contributed by atoms with Crippen LogP contribution in [0.2, 0.25) is 0 Å². The van der Waals surface area contributed by atoms with Crippen LogP contribution in [0.4, 0.5) is 0 Å². The van der Waals surface area contributed by atoms with Crippen LogP contribution < -0.4 is 0 Å². The van der Waals surface area contributed by atoms with E-state index in [2.05, 4.69) is 114 Å². The van der Waals surface area contributed by atoms with E-state index in [-0.39, 0.29) is 5.41 Å². The second kappa shape index (κ2) is 7.21. The number of imidazole rings is 1. The average molecular weight is 476 g/mol. The van der Waals surface area contributed by atoms with Crippen molar-refractivity contribution in [1.29, 1.82) is 0 Å². The summed E-state index contributed by atoms with van der Waals surface area (Å²) in [5, 5.41) is 2.58. The van der Waals surface area contributed by atoms with E-state index in [9.17, 15) is 0 Å². The van der Waals surface area contributed by atoms with Crippen molar-refractivity contribution in [1.82, 2.24) is 14.0 Å². The Morgan fingerprint density at radius 1 is 0.649 bits per heavy atom. The Kier molecular flexibility index (Phi) is 4.00. The minimum absolute atomic E-state index is 0.0334. The minimum Gasteiger partial charge on any atom is -0.309 e. The highest BCUT2D eigenvalue weighted by Gasteiger charge is 2.36. The summed E-state index contributed by atoms with van der Waals surface area (Å²) >= 11 is 0. The lowest BCUT2D eigenvalue weighted by molar-refractivity contribution is 0.661. The lowest BCUT2D eigenvalue weighted by Crippen LogP contribution is -2.14. The van der Waals surface area contributed by atoms with Crippen LogP contribution in [0.25, 0.3) is 55.5 Å². The van der Waals surface area contributed by atoms with Crippen molar-refractivity contribution in [3.63, 3.8) is 0 Å². The molecule has 1 aliphatic carbocycles. The highest BCUT2D eigenvalue weighted by Crippen LogP contribution is 2.50. The molecular weight excluding hydrogens is 450 g/mol. The van der Waals surface area contributed by atoms with Crippen LogP contribution in [0.5, 0.6) is 0 Å². The van der Waals surface area contributed by atoms with Crippen LogP contribution in [0.15, 0.2) is 116 Å².